The predicted octanol–water partition coefficient (Wildman–Crippen LogP) is 0.0858. The van der Waals surface area contributed by atoms with E-state index in [1.54, 1.807) is 0 Å². The molecule has 0 heterocycles. The lowest BCUT2D eigenvalue weighted by molar-refractivity contribution is 0.250. The van der Waals surface area contributed by atoms with Crippen LogP contribution in [0.3, 0.4) is 0 Å². The Hall–Kier alpha value is -0.120. The van der Waals surface area contributed by atoms with E-state index in [-0.39, 0.29) is 12.1 Å². The summed E-state index contributed by atoms with van der Waals surface area (Å²) in [5.74, 6) is 0.879. The Balaban J connectivity index is 2.25. The van der Waals surface area contributed by atoms with Crippen LogP contribution < -0.4 is 11.1 Å². The van der Waals surface area contributed by atoms with Crippen molar-refractivity contribution in [2.24, 2.45) is 11.7 Å². The Morgan fingerprint density at radius 2 is 2.25 bits per heavy atom. The highest BCUT2D eigenvalue weighted by atomic mass is 16.3. The molecule has 4 N–H and O–H groups in total. The van der Waals surface area contributed by atoms with Gasteiger partial charge in [-0.3, -0.25) is 0 Å². The molecule has 0 spiro atoms. The van der Waals surface area contributed by atoms with Crippen molar-refractivity contribution in [1.29, 1.82) is 0 Å². The molecule has 1 atom stereocenters. The van der Waals surface area contributed by atoms with Crippen molar-refractivity contribution in [3.05, 3.63) is 0 Å². The summed E-state index contributed by atoms with van der Waals surface area (Å²) >= 11 is 0. The van der Waals surface area contributed by atoms with Gasteiger partial charge < -0.3 is 16.2 Å². The van der Waals surface area contributed by atoms with Crippen molar-refractivity contribution < 1.29 is 5.11 Å². The average molecular weight is 172 g/mol. The minimum atomic E-state index is 0.0455. The lowest BCUT2D eigenvalue weighted by Crippen LogP contribution is -2.49. The number of rotatable bonds is 6. The standard InChI is InChI=1S/C9H20N2O/c1-9(7-10,11-4-5-12)6-8-2-3-8/h8,11-12H,2-7,10H2,1H3. The highest BCUT2D eigenvalue weighted by Crippen LogP contribution is 2.36. The molecule has 1 fully saturated rings. The molecule has 1 aliphatic carbocycles. The van der Waals surface area contributed by atoms with Crippen LogP contribution in [0, 0.1) is 5.92 Å². The molecule has 1 aliphatic rings. The Morgan fingerprint density at radius 3 is 2.67 bits per heavy atom. The molecule has 1 saturated carbocycles. The van der Waals surface area contributed by atoms with E-state index >= 15 is 0 Å². The minimum absolute atomic E-state index is 0.0455. The second kappa shape index (κ2) is 4.21. The maximum absolute atomic E-state index is 8.67. The molecule has 0 aromatic rings. The minimum Gasteiger partial charge on any atom is -0.395 e. The highest BCUT2D eigenvalue weighted by Gasteiger charge is 2.31. The summed E-state index contributed by atoms with van der Waals surface area (Å²) in [6.45, 7) is 3.64. The monoisotopic (exact) mass is 172 g/mol. The topological polar surface area (TPSA) is 58.3 Å². The second-order valence-corrected chi connectivity index (χ2v) is 4.06. The van der Waals surface area contributed by atoms with Crippen LogP contribution in [0.4, 0.5) is 0 Å². The predicted molar refractivity (Wildman–Crippen MR) is 49.9 cm³/mol. The SMILES string of the molecule is CC(CN)(CC1CC1)NCCO. The number of hydrogen-bond donors (Lipinski definition) is 3. The first-order valence-corrected chi connectivity index (χ1v) is 4.76. The second-order valence-electron chi connectivity index (χ2n) is 4.06. The molecular weight excluding hydrogens is 152 g/mol. The van der Waals surface area contributed by atoms with E-state index in [4.69, 9.17) is 10.8 Å². The van der Waals surface area contributed by atoms with E-state index < -0.39 is 0 Å². The number of nitrogens with one attached hydrogen (secondary N) is 1. The van der Waals surface area contributed by atoms with Gasteiger partial charge in [-0.05, 0) is 19.3 Å². The van der Waals surface area contributed by atoms with Gasteiger partial charge in [-0.1, -0.05) is 12.8 Å². The van der Waals surface area contributed by atoms with Gasteiger partial charge >= 0.3 is 0 Å². The number of aliphatic hydroxyl groups excluding tert-OH is 1. The maximum Gasteiger partial charge on any atom is 0.0556 e. The first-order valence-electron chi connectivity index (χ1n) is 4.76. The van der Waals surface area contributed by atoms with Crippen LogP contribution in [-0.2, 0) is 0 Å². The third-order valence-corrected chi connectivity index (χ3v) is 2.55. The van der Waals surface area contributed by atoms with Gasteiger partial charge in [0, 0.05) is 18.6 Å². The van der Waals surface area contributed by atoms with Gasteiger partial charge in [-0.25, -0.2) is 0 Å². The van der Waals surface area contributed by atoms with Crippen LogP contribution in [0.15, 0.2) is 0 Å². The van der Waals surface area contributed by atoms with Gasteiger partial charge in [-0.2, -0.15) is 0 Å². The third kappa shape index (κ3) is 3.09. The van der Waals surface area contributed by atoms with E-state index in [1.165, 1.54) is 12.8 Å². The van der Waals surface area contributed by atoms with Crippen LogP contribution in [0.5, 0.6) is 0 Å². The van der Waals surface area contributed by atoms with Crippen molar-refractivity contribution in [3.63, 3.8) is 0 Å². The fourth-order valence-electron chi connectivity index (χ4n) is 1.54. The van der Waals surface area contributed by atoms with Crippen LogP contribution in [0.1, 0.15) is 26.2 Å². The third-order valence-electron chi connectivity index (χ3n) is 2.55. The lowest BCUT2D eigenvalue weighted by Gasteiger charge is -2.29. The number of β-amino-alcohol motifs (C(OH)–C–C–N with tert-alkyl or cyclic N) is 1. The van der Waals surface area contributed by atoms with Crippen LogP contribution in [0.2, 0.25) is 0 Å². The maximum atomic E-state index is 8.67. The summed E-state index contributed by atoms with van der Waals surface area (Å²) in [5, 5.41) is 12.0. The number of hydrogen-bond acceptors (Lipinski definition) is 3. The molecule has 0 aromatic carbocycles. The molecule has 3 nitrogen and oxygen atoms in total. The van der Waals surface area contributed by atoms with Gasteiger partial charge in [0.2, 0.25) is 0 Å². The van der Waals surface area contributed by atoms with Gasteiger partial charge in [0.1, 0.15) is 0 Å². The summed E-state index contributed by atoms with van der Waals surface area (Å²) in [6, 6.07) is 0. The largest absolute Gasteiger partial charge is 0.395 e. The first-order chi connectivity index (χ1) is 5.70. The molecule has 0 bridgehead atoms. The summed E-state index contributed by atoms with van der Waals surface area (Å²) < 4.78 is 0. The van der Waals surface area contributed by atoms with Crippen molar-refractivity contribution in [2.75, 3.05) is 19.7 Å². The molecule has 72 valence electrons. The van der Waals surface area contributed by atoms with E-state index in [0.717, 1.165) is 12.3 Å². The van der Waals surface area contributed by atoms with Gasteiger partial charge in [0.25, 0.3) is 0 Å². The normalized spacial score (nSPS) is 22.2. The van der Waals surface area contributed by atoms with Crippen molar-refractivity contribution in [2.45, 2.75) is 31.7 Å². The zero-order valence-corrected chi connectivity index (χ0v) is 7.84. The smallest absolute Gasteiger partial charge is 0.0556 e. The Morgan fingerprint density at radius 1 is 1.58 bits per heavy atom. The van der Waals surface area contributed by atoms with Gasteiger partial charge in [0.05, 0.1) is 6.61 Å². The molecule has 12 heavy (non-hydrogen) atoms. The van der Waals surface area contributed by atoms with Crippen LogP contribution in [0.25, 0.3) is 0 Å². The summed E-state index contributed by atoms with van der Waals surface area (Å²) in [6.07, 6.45) is 3.87. The number of nitrogens with two attached hydrogens (primary N) is 1. The quantitative estimate of drug-likeness (QED) is 0.532. The van der Waals surface area contributed by atoms with Crippen LogP contribution >= 0.6 is 0 Å². The summed E-state index contributed by atoms with van der Waals surface area (Å²) in [4.78, 5) is 0. The Bertz CT molecular complexity index is 136. The zero-order valence-electron chi connectivity index (χ0n) is 7.84. The van der Waals surface area contributed by atoms with E-state index in [9.17, 15) is 0 Å². The summed E-state index contributed by atoms with van der Waals surface area (Å²) in [7, 11) is 0. The molecule has 0 radical (unpaired) electrons. The van der Waals surface area contributed by atoms with Crippen LogP contribution in [-0.4, -0.2) is 30.3 Å². The van der Waals surface area contributed by atoms with Gasteiger partial charge in [0.15, 0.2) is 0 Å². The lowest BCUT2D eigenvalue weighted by atomic mass is 9.95. The zero-order chi connectivity index (χ0) is 9.03. The fraction of sp³-hybridized carbons (Fsp3) is 1.00. The number of aliphatic hydroxyl groups is 1. The molecule has 0 saturated heterocycles. The molecule has 0 aliphatic heterocycles. The molecule has 0 aromatic heterocycles. The average Bonchev–Trinajstić information content (AvgIpc) is 2.85. The van der Waals surface area contributed by atoms with E-state index in [2.05, 4.69) is 12.2 Å². The van der Waals surface area contributed by atoms with Gasteiger partial charge in [-0.15, -0.1) is 0 Å². The Kier molecular flexibility index (Phi) is 3.50. The van der Waals surface area contributed by atoms with Crippen molar-refractivity contribution in [1.82, 2.24) is 5.32 Å². The molecule has 1 unspecified atom stereocenters. The molecule has 1 rings (SSSR count). The fourth-order valence-corrected chi connectivity index (χ4v) is 1.54. The molecule has 3 heteroatoms. The molecular formula is C9H20N2O. The highest BCUT2D eigenvalue weighted by molar-refractivity contribution is 4.90. The summed E-state index contributed by atoms with van der Waals surface area (Å²) in [5.41, 5.74) is 5.73. The Labute approximate surface area is 74.3 Å². The molecule has 0 amide bonds. The van der Waals surface area contributed by atoms with Crippen molar-refractivity contribution in [3.8, 4) is 0 Å². The van der Waals surface area contributed by atoms with E-state index in [1.807, 2.05) is 0 Å². The first kappa shape index (κ1) is 9.96. The van der Waals surface area contributed by atoms with Crippen molar-refractivity contribution >= 4 is 0 Å². The van der Waals surface area contributed by atoms with E-state index in [0.29, 0.717) is 13.1 Å².